The number of amides is 1. The summed E-state index contributed by atoms with van der Waals surface area (Å²) in [5, 5.41) is 6.38. The average molecular weight is 835 g/mol. The van der Waals surface area contributed by atoms with E-state index in [1.165, 1.54) is 22.1 Å². The highest BCUT2D eigenvalue weighted by molar-refractivity contribution is 7.90. The third-order valence-electron chi connectivity index (χ3n) is 10.3. The molecule has 1 aliphatic heterocycles. The first kappa shape index (κ1) is 41.0. The van der Waals surface area contributed by atoms with Crippen LogP contribution in [0.4, 0.5) is 11.4 Å². The lowest BCUT2D eigenvalue weighted by atomic mass is 9.99. The van der Waals surface area contributed by atoms with E-state index in [9.17, 15) is 13.2 Å². The predicted molar refractivity (Wildman–Crippen MR) is 237 cm³/mol. The largest absolute Gasteiger partial charge is 0.456 e. The summed E-state index contributed by atoms with van der Waals surface area (Å²) in [6.07, 6.45) is 0.881. The fourth-order valence-corrected chi connectivity index (χ4v) is 9.11. The minimum absolute atomic E-state index is 0.000623. The molecule has 1 aromatic heterocycles. The van der Waals surface area contributed by atoms with E-state index >= 15 is 0 Å². The molecule has 1 saturated heterocycles. The van der Waals surface area contributed by atoms with E-state index in [1.54, 1.807) is 41.7 Å². The van der Waals surface area contributed by atoms with E-state index in [0.29, 0.717) is 10.8 Å². The number of aryl methyl sites for hydroxylation is 1. The van der Waals surface area contributed by atoms with Gasteiger partial charge in [-0.3, -0.25) is 9.69 Å². The second-order valence-corrected chi connectivity index (χ2v) is 17.8. The summed E-state index contributed by atoms with van der Waals surface area (Å²) in [7, 11) is -0.133. The highest BCUT2D eigenvalue weighted by Crippen LogP contribution is 2.33. The predicted octanol–water partition coefficient (Wildman–Crippen LogP) is 9.72. The molecule has 0 aliphatic carbocycles. The Hall–Kier alpha value is -5.17. The third-order valence-corrected chi connectivity index (χ3v) is 12.9. The van der Waals surface area contributed by atoms with Crippen LogP contribution >= 0.6 is 22.9 Å². The molecule has 12 heteroatoms. The normalized spacial score (nSPS) is 14.0. The topological polar surface area (TPSA) is 94.2 Å². The van der Waals surface area contributed by atoms with E-state index in [4.69, 9.17) is 16.3 Å². The molecular weight excluding hydrogens is 786 g/mol. The van der Waals surface area contributed by atoms with Crippen LogP contribution in [-0.4, -0.2) is 70.9 Å². The van der Waals surface area contributed by atoms with Crippen LogP contribution in [0.2, 0.25) is 5.02 Å². The lowest BCUT2D eigenvalue weighted by Gasteiger charge is -2.36. The summed E-state index contributed by atoms with van der Waals surface area (Å²) < 4.78 is 36.0. The number of carbonyl (C=O) groups excluding carboxylic acids is 1. The van der Waals surface area contributed by atoms with Crippen molar-refractivity contribution in [2.24, 2.45) is 0 Å². The molecule has 0 spiro atoms. The number of carbonyl (C=O) groups is 1. The second kappa shape index (κ2) is 18.6. The van der Waals surface area contributed by atoms with Gasteiger partial charge in [-0.2, -0.15) is 0 Å². The smallest absolute Gasteiger partial charge is 0.268 e. The zero-order valence-electron chi connectivity index (χ0n) is 32.9. The summed E-state index contributed by atoms with van der Waals surface area (Å²) in [5.41, 5.74) is 6.17. The maximum Gasteiger partial charge on any atom is 0.268 e. The van der Waals surface area contributed by atoms with Gasteiger partial charge in [0.1, 0.15) is 11.5 Å². The highest BCUT2D eigenvalue weighted by Gasteiger charge is 2.25. The Kier molecular flexibility index (Phi) is 13.2. The van der Waals surface area contributed by atoms with Gasteiger partial charge in [0.25, 0.3) is 15.9 Å². The number of sulfonamides is 1. The Labute approximate surface area is 350 Å². The third kappa shape index (κ3) is 10.3. The summed E-state index contributed by atoms with van der Waals surface area (Å²) in [5.74, 6) is 0.0256. The van der Waals surface area contributed by atoms with Gasteiger partial charge in [-0.05, 0) is 122 Å². The number of halogens is 1. The van der Waals surface area contributed by atoms with Crippen LogP contribution in [0.25, 0.3) is 11.1 Å². The molecule has 7 rings (SSSR count). The van der Waals surface area contributed by atoms with E-state index in [0.717, 1.165) is 68.2 Å². The number of para-hydroxylation sites is 1. The van der Waals surface area contributed by atoms with Crippen molar-refractivity contribution in [2.75, 3.05) is 57.0 Å². The average Bonchev–Trinajstić information content (AvgIpc) is 3.76. The SMILES string of the molecule is Cc1cc(S(=O)(=O)NC(=O)c2ccc(N3CCN(Cc4ccccc4-c4ccc(Cl)cc4)CC3)cc2Oc2ccccc2)ccc1N[C@@H](CCN(C)C)c1cccs1. The van der Waals surface area contributed by atoms with Gasteiger partial charge in [0.2, 0.25) is 0 Å². The number of benzene rings is 5. The molecule has 1 amide bonds. The molecule has 2 heterocycles. The van der Waals surface area contributed by atoms with Gasteiger partial charge >= 0.3 is 0 Å². The molecule has 0 saturated carbocycles. The van der Waals surface area contributed by atoms with Gasteiger partial charge in [-0.25, -0.2) is 13.1 Å². The molecule has 1 aliphatic rings. The van der Waals surface area contributed by atoms with Crippen LogP contribution in [0, 0.1) is 6.92 Å². The van der Waals surface area contributed by atoms with Gasteiger partial charge < -0.3 is 19.9 Å². The van der Waals surface area contributed by atoms with Crippen molar-refractivity contribution in [1.29, 1.82) is 0 Å². The van der Waals surface area contributed by atoms with Gasteiger partial charge in [-0.1, -0.05) is 72.3 Å². The number of thiophene rings is 1. The van der Waals surface area contributed by atoms with Crippen LogP contribution in [0.1, 0.15) is 38.8 Å². The molecule has 0 radical (unpaired) electrons. The lowest BCUT2D eigenvalue weighted by molar-refractivity contribution is 0.0979. The van der Waals surface area contributed by atoms with E-state index in [-0.39, 0.29) is 22.3 Å². The van der Waals surface area contributed by atoms with Gasteiger partial charge in [0.05, 0.1) is 16.5 Å². The standard InChI is InChI=1S/C46H48ClN5O4S2/c1-33-30-39(20-22-42(33)48-43(23-24-50(2)3)45-14-9-29-57-45)58(54,55)49-46(53)41-21-19-37(31-44(41)56-38-11-5-4-6-12-38)52-27-25-51(26-28-52)32-35-10-7-8-13-40(35)34-15-17-36(47)18-16-34/h4-22,29-31,43,48H,23-28,32H2,1-3H3,(H,49,53)/t43-/m0/s1. The molecular formula is C46H48ClN5O4S2. The zero-order chi connectivity index (χ0) is 40.6. The molecule has 58 heavy (non-hydrogen) atoms. The van der Waals surface area contributed by atoms with Crippen LogP contribution < -0.4 is 19.7 Å². The van der Waals surface area contributed by atoms with Crippen molar-refractivity contribution in [3.63, 3.8) is 0 Å². The minimum atomic E-state index is -4.22. The molecule has 5 aromatic carbocycles. The van der Waals surface area contributed by atoms with Crippen LogP contribution in [0.5, 0.6) is 11.5 Å². The minimum Gasteiger partial charge on any atom is -0.456 e. The molecule has 6 aromatic rings. The van der Waals surface area contributed by atoms with Crippen LogP contribution in [-0.2, 0) is 16.6 Å². The molecule has 0 unspecified atom stereocenters. The maximum absolute atomic E-state index is 13.8. The zero-order valence-corrected chi connectivity index (χ0v) is 35.3. The number of piperazine rings is 1. The van der Waals surface area contributed by atoms with Crippen molar-refractivity contribution >= 4 is 50.2 Å². The molecule has 2 N–H and O–H groups in total. The molecule has 300 valence electrons. The quantitative estimate of drug-likeness (QED) is 0.106. The van der Waals surface area contributed by atoms with Gasteiger partial charge in [0.15, 0.2) is 0 Å². The number of rotatable bonds is 15. The molecule has 9 nitrogen and oxygen atoms in total. The Balaban J connectivity index is 1.05. The number of nitrogens with one attached hydrogen (secondary N) is 2. The number of anilines is 2. The Morgan fingerprint density at radius 3 is 2.31 bits per heavy atom. The van der Waals surface area contributed by atoms with Crippen molar-refractivity contribution in [1.82, 2.24) is 14.5 Å². The van der Waals surface area contributed by atoms with Gasteiger partial charge in [0, 0.05) is 60.1 Å². The summed E-state index contributed by atoms with van der Waals surface area (Å²) >= 11 is 7.85. The van der Waals surface area contributed by atoms with E-state index in [2.05, 4.69) is 72.6 Å². The monoisotopic (exact) mass is 833 g/mol. The van der Waals surface area contributed by atoms with Crippen molar-refractivity contribution < 1.29 is 17.9 Å². The van der Waals surface area contributed by atoms with E-state index < -0.39 is 15.9 Å². The van der Waals surface area contributed by atoms with Gasteiger partial charge in [-0.15, -0.1) is 11.3 Å². The maximum atomic E-state index is 13.8. The summed E-state index contributed by atoms with van der Waals surface area (Å²) in [4.78, 5) is 21.9. The molecule has 1 atom stereocenters. The highest BCUT2D eigenvalue weighted by atomic mass is 35.5. The van der Waals surface area contributed by atoms with Crippen molar-refractivity contribution in [3.05, 3.63) is 159 Å². The second-order valence-electron chi connectivity index (χ2n) is 14.7. The Bertz CT molecular complexity index is 2420. The van der Waals surface area contributed by atoms with Crippen molar-refractivity contribution in [2.45, 2.75) is 30.8 Å². The summed E-state index contributed by atoms with van der Waals surface area (Å²) in [6, 6.07) is 40.0. The van der Waals surface area contributed by atoms with Crippen LogP contribution in [0.3, 0.4) is 0 Å². The number of hydrogen-bond donors (Lipinski definition) is 2. The molecule has 1 fully saturated rings. The summed E-state index contributed by atoms with van der Waals surface area (Å²) in [6.45, 7) is 6.77. The molecule has 0 bridgehead atoms. The first-order chi connectivity index (χ1) is 28.0. The lowest BCUT2D eigenvalue weighted by Crippen LogP contribution is -2.46. The number of nitrogens with zero attached hydrogens (tertiary/aromatic N) is 3. The first-order valence-corrected chi connectivity index (χ1v) is 22.1. The fraction of sp³-hybridized carbons (Fsp3) is 0.239. The first-order valence-electron chi connectivity index (χ1n) is 19.3. The van der Waals surface area contributed by atoms with Crippen molar-refractivity contribution in [3.8, 4) is 22.6 Å². The fourth-order valence-electron chi connectivity index (χ4n) is 7.12. The number of hydrogen-bond acceptors (Lipinski definition) is 9. The number of ether oxygens (including phenoxy) is 1. The Morgan fingerprint density at radius 1 is 0.862 bits per heavy atom. The van der Waals surface area contributed by atoms with Crippen LogP contribution in [0.15, 0.2) is 138 Å². The van der Waals surface area contributed by atoms with E-state index in [1.807, 2.05) is 69.6 Å². The Morgan fingerprint density at radius 2 is 1.60 bits per heavy atom.